The van der Waals surface area contributed by atoms with Crippen molar-refractivity contribution in [3.63, 3.8) is 0 Å². The predicted octanol–water partition coefficient (Wildman–Crippen LogP) is 8.43. The summed E-state index contributed by atoms with van der Waals surface area (Å²) < 4.78 is 26.6. The molecule has 2 unspecified atom stereocenters. The Bertz CT molecular complexity index is 887. The zero-order valence-electron chi connectivity index (χ0n) is 28.0. The number of allylic oxidation sites excluding steroid dienone is 8. The van der Waals surface area contributed by atoms with Crippen molar-refractivity contribution in [1.82, 2.24) is 5.32 Å². The molecule has 3 N–H and O–H groups in total. The van der Waals surface area contributed by atoms with Crippen LogP contribution in [0.4, 0.5) is 0 Å². The van der Waals surface area contributed by atoms with E-state index < -0.39 is 26.5 Å². The van der Waals surface area contributed by atoms with Crippen LogP contribution in [0.3, 0.4) is 0 Å². The average molecular weight is 656 g/mol. The second kappa shape index (κ2) is 31.9. The summed E-state index contributed by atoms with van der Waals surface area (Å²) in [4.78, 5) is 33.5. The first-order chi connectivity index (χ1) is 21.8. The Morgan fingerprint density at radius 3 is 1.84 bits per heavy atom. The summed E-state index contributed by atoms with van der Waals surface area (Å²) in [6, 6.07) is 0. The van der Waals surface area contributed by atoms with Gasteiger partial charge in [-0.05, 0) is 51.4 Å². The molecule has 0 aliphatic heterocycles. The first kappa shape index (κ1) is 43.0. The van der Waals surface area contributed by atoms with Gasteiger partial charge in [0.2, 0.25) is 5.91 Å². The lowest BCUT2D eigenvalue weighted by atomic mass is 10.1. The van der Waals surface area contributed by atoms with E-state index in [-0.39, 0.29) is 32.1 Å². The number of hydrogen-bond donors (Lipinski definition) is 3. The van der Waals surface area contributed by atoms with Crippen LogP contribution in [-0.2, 0) is 27.9 Å². The molecule has 260 valence electrons. The number of aliphatic hydroxyl groups is 1. The summed E-state index contributed by atoms with van der Waals surface area (Å²) in [5.74, 6) is -0.585. The fourth-order valence-corrected chi connectivity index (χ4v) is 4.89. The minimum atomic E-state index is -4.42. The first-order valence-electron chi connectivity index (χ1n) is 17.1. The van der Waals surface area contributed by atoms with Crippen LogP contribution in [0.15, 0.2) is 48.6 Å². The normalized spacial score (nSPS) is 14.1. The Labute approximate surface area is 273 Å². The monoisotopic (exact) mass is 655 g/mol. The highest BCUT2D eigenvalue weighted by Gasteiger charge is 2.23. The molecule has 0 saturated carbocycles. The zero-order chi connectivity index (χ0) is 33.3. The van der Waals surface area contributed by atoms with Gasteiger partial charge in [-0.2, -0.15) is 0 Å². The number of aliphatic hydroxyl groups excluding tert-OH is 1. The molecule has 0 aromatic carbocycles. The molecule has 0 rings (SSSR count). The minimum Gasteiger partial charge on any atom is -0.463 e. The Morgan fingerprint density at radius 2 is 1.22 bits per heavy atom. The molecule has 9 nitrogen and oxygen atoms in total. The van der Waals surface area contributed by atoms with Gasteiger partial charge in [0.15, 0.2) is 0 Å². The lowest BCUT2D eigenvalue weighted by molar-refractivity contribution is -0.147. The summed E-state index contributed by atoms with van der Waals surface area (Å²) in [5, 5.41) is 12.5. The fourth-order valence-electron chi connectivity index (χ4n) is 4.13. The third-order valence-electron chi connectivity index (χ3n) is 6.76. The minimum absolute atomic E-state index is 0.0514. The molecular weight excluding hydrogens is 593 g/mol. The molecule has 45 heavy (non-hydrogen) atoms. The molecule has 1 amide bonds. The van der Waals surface area contributed by atoms with Crippen LogP contribution in [0.25, 0.3) is 0 Å². The van der Waals surface area contributed by atoms with Gasteiger partial charge in [0.1, 0.15) is 12.7 Å². The lowest BCUT2D eigenvalue weighted by Gasteiger charge is -2.15. The Morgan fingerprint density at radius 1 is 0.689 bits per heavy atom. The third-order valence-corrected chi connectivity index (χ3v) is 7.75. The highest BCUT2D eigenvalue weighted by molar-refractivity contribution is 7.47. The molecule has 0 aromatic rings. The molecule has 0 bridgehead atoms. The number of phosphoric ester groups is 1. The van der Waals surface area contributed by atoms with Crippen molar-refractivity contribution in [2.45, 2.75) is 136 Å². The van der Waals surface area contributed by atoms with Gasteiger partial charge in [-0.1, -0.05) is 114 Å². The van der Waals surface area contributed by atoms with Crippen molar-refractivity contribution in [2.75, 3.05) is 26.4 Å². The van der Waals surface area contributed by atoms with Gasteiger partial charge in [0, 0.05) is 19.4 Å². The summed E-state index contributed by atoms with van der Waals surface area (Å²) in [6.07, 6.45) is 33.5. The molecule has 0 fully saturated rings. The van der Waals surface area contributed by atoms with Gasteiger partial charge in [0.05, 0.1) is 13.2 Å². The summed E-state index contributed by atoms with van der Waals surface area (Å²) in [7, 11) is -4.42. The van der Waals surface area contributed by atoms with Crippen molar-refractivity contribution in [3.05, 3.63) is 48.6 Å². The van der Waals surface area contributed by atoms with Gasteiger partial charge in [-0.25, -0.2) is 4.57 Å². The molecule has 10 heteroatoms. The van der Waals surface area contributed by atoms with Crippen LogP contribution < -0.4 is 5.32 Å². The number of amides is 1. The van der Waals surface area contributed by atoms with E-state index in [1.54, 1.807) is 0 Å². The van der Waals surface area contributed by atoms with Crippen LogP contribution in [0, 0.1) is 0 Å². The standard InChI is InChI=1S/C35H62NO8P/c1-3-5-7-9-11-12-13-14-15-16-17-18-19-20-22-23-25-27-34(38)36-29-30-43-45(40,41)44-32-33(37)31-42-35(39)28-26-24-21-10-8-6-4-2/h11-12,14-15,17-18,20,22,33,37H,3-10,13,16,19,21,23-32H2,1-2H3,(H,36,38)(H,40,41)/b12-11-,15-14-,18-17-,22-20-. The molecule has 0 aliphatic rings. The van der Waals surface area contributed by atoms with E-state index in [4.69, 9.17) is 13.8 Å². The number of hydrogen-bond acceptors (Lipinski definition) is 7. The topological polar surface area (TPSA) is 131 Å². The summed E-state index contributed by atoms with van der Waals surface area (Å²) in [5.41, 5.74) is 0. The SMILES string of the molecule is CCCCC/C=C\C/C=C\C/C=C\C/C=C\CCCC(=O)NCCOP(=O)(O)OCC(O)COC(=O)CCCCCCCCC. The number of nitrogens with one attached hydrogen (secondary N) is 1. The second-order valence-electron chi connectivity index (χ2n) is 11.1. The highest BCUT2D eigenvalue weighted by atomic mass is 31.2. The number of carbonyl (C=O) groups excluding carboxylic acids is 2. The maximum Gasteiger partial charge on any atom is 0.472 e. The Kier molecular flexibility index (Phi) is 30.5. The number of phosphoric acid groups is 1. The average Bonchev–Trinajstić information content (AvgIpc) is 3.02. The first-order valence-corrected chi connectivity index (χ1v) is 18.6. The number of esters is 1. The van der Waals surface area contributed by atoms with Crippen molar-refractivity contribution < 1.29 is 37.9 Å². The van der Waals surface area contributed by atoms with Gasteiger partial charge in [-0.15, -0.1) is 0 Å². The molecule has 0 saturated heterocycles. The maximum atomic E-state index is 12.0. The molecule has 0 radical (unpaired) electrons. The zero-order valence-corrected chi connectivity index (χ0v) is 28.9. The highest BCUT2D eigenvalue weighted by Crippen LogP contribution is 2.42. The van der Waals surface area contributed by atoms with Crippen molar-refractivity contribution in [2.24, 2.45) is 0 Å². The Balaban J connectivity index is 3.75. The van der Waals surface area contributed by atoms with E-state index in [1.165, 1.54) is 51.4 Å². The Hall–Kier alpha value is -2.03. The largest absolute Gasteiger partial charge is 0.472 e. The van der Waals surface area contributed by atoms with Crippen LogP contribution in [0.2, 0.25) is 0 Å². The summed E-state index contributed by atoms with van der Waals surface area (Å²) >= 11 is 0. The van der Waals surface area contributed by atoms with Gasteiger partial charge in [0.25, 0.3) is 0 Å². The van der Waals surface area contributed by atoms with Crippen molar-refractivity contribution in [1.29, 1.82) is 0 Å². The third kappa shape index (κ3) is 33.2. The van der Waals surface area contributed by atoms with Crippen molar-refractivity contribution in [3.8, 4) is 0 Å². The predicted molar refractivity (Wildman–Crippen MR) is 183 cm³/mol. The van der Waals surface area contributed by atoms with E-state index in [2.05, 4.69) is 67.8 Å². The second-order valence-corrected chi connectivity index (χ2v) is 12.6. The van der Waals surface area contributed by atoms with Crippen LogP contribution in [-0.4, -0.2) is 54.3 Å². The number of unbranched alkanes of at least 4 members (excludes halogenated alkanes) is 10. The number of carbonyl (C=O) groups is 2. The maximum absolute atomic E-state index is 12.0. The fraction of sp³-hybridized carbons (Fsp3) is 0.714. The molecule has 0 heterocycles. The van der Waals surface area contributed by atoms with Crippen LogP contribution >= 0.6 is 7.82 Å². The van der Waals surface area contributed by atoms with E-state index in [0.717, 1.165) is 44.9 Å². The van der Waals surface area contributed by atoms with Gasteiger partial charge < -0.3 is 20.1 Å². The molecule has 2 atom stereocenters. The molecule has 0 spiro atoms. The van der Waals surface area contributed by atoms with E-state index in [0.29, 0.717) is 12.8 Å². The smallest absolute Gasteiger partial charge is 0.463 e. The van der Waals surface area contributed by atoms with E-state index in [9.17, 15) is 24.2 Å². The van der Waals surface area contributed by atoms with E-state index in [1.807, 2.05) is 0 Å². The molecule has 0 aromatic heterocycles. The molecular formula is C35H62NO8P. The van der Waals surface area contributed by atoms with Gasteiger partial charge in [-0.3, -0.25) is 18.6 Å². The quantitative estimate of drug-likeness (QED) is 0.0294. The molecule has 0 aliphatic carbocycles. The van der Waals surface area contributed by atoms with Crippen LogP contribution in [0.1, 0.15) is 129 Å². The van der Waals surface area contributed by atoms with Crippen LogP contribution in [0.5, 0.6) is 0 Å². The lowest BCUT2D eigenvalue weighted by Crippen LogP contribution is -2.27. The summed E-state index contributed by atoms with van der Waals surface area (Å²) in [6.45, 7) is 3.37. The van der Waals surface area contributed by atoms with Crippen molar-refractivity contribution >= 4 is 19.7 Å². The number of ether oxygens (including phenoxy) is 1. The van der Waals surface area contributed by atoms with E-state index >= 15 is 0 Å². The van der Waals surface area contributed by atoms with Gasteiger partial charge >= 0.3 is 13.8 Å². The number of rotatable bonds is 31.